The molecule has 108 valence electrons. The Kier molecular flexibility index (Phi) is 4.83. The van der Waals surface area contributed by atoms with Gasteiger partial charge in [0.1, 0.15) is 10.8 Å². The molecule has 0 spiro atoms. The van der Waals surface area contributed by atoms with Crippen LogP contribution < -0.4 is 4.74 Å². The molecule has 0 radical (unpaired) electrons. The number of nitrogens with zero attached hydrogens (tertiary/aromatic N) is 1. The Bertz CT molecular complexity index is 714. The molecule has 1 heterocycles. The van der Waals surface area contributed by atoms with Crippen molar-refractivity contribution in [2.75, 3.05) is 0 Å². The van der Waals surface area contributed by atoms with Crippen molar-refractivity contribution < 1.29 is 14.6 Å². The standard InChI is InChI=1S/C15H11Cl2NO3/c1-9-7-10(5-6-13(19)20)8-18-15(9)21-12-4-2-3-11(16)14(12)17/h2-8H,1H3,(H,19,20)/b6-5+. The van der Waals surface area contributed by atoms with E-state index >= 15 is 0 Å². The van der Waals surface area contributed by atoms with E-state index in [9.17, 15) is 4.79 Å². The van der Waals surface area contributed by atoms with Gasteiger partial charge in [-0.05, 0) is 36.8 Å². The van der Waals surface area contributed by atoms with Gasteiger partial charge in [0.25, 0.3) is 0 Å². The fourth-order valence-corrected chi connectivity index (χ4v) is 1.95. The third kappa shape index (κ3) is 3.97. The summed E-state index contributed by atoms with van der Waals surface area (Å²) in [6.07, 6.45) is 4.02. The van der Waals surface area contributed by atoms with Crippen molar-refractivity contribution in [1.29, 1.82) is 0 Å². The van der Waals surface area contributed by atoms with Gasteiger partial charge in [0.15, 0.2) is 0 Å². The normalized spacial score (nSPS) is 10.8. The number of pyridine rings is 1. The highest BCUT2D eigenvalue weighted by molar-refractivity contribution is 6.42. The van der Waals surface area contributed by atoms with E-state index in [2.05, 4.69) is 4.98 Å². The molecule has 0 fully saturated rings. The molecule has 1 N–H and O–H groups in total. The number of carboxylic acid groups (broad SMARTS) is 1. The monoisotopic (exact) mass is 323 g/mol. The van der Waals surface area contributed by atoms with E-state index in [-0.39, 0.29) is 0 Å². The van der Waals surface area contributed by atoms with Crippen LogP contribution in [0.3, 0.4) is 0 Å². The number of rotatable bonds is 4. The molecule has 0 aliphatic rings. The number of aliphatic carboxylic acids is 1. The minimum absolute atomic E-state index is 0.315. The molecule has 0 aliphatic carbocycles. The summed E-state index contributed by atoms with van der Waals surface area (Å²) in [4.78, 5) is 14.6. The molecule has 0 saturated heterocycles. The zero-order chi connectivity index (χ0) is 15.4. The quantitative estimate of drug-likeness (QED) is 0.836. The second-order valence-corrected chi connectivity index (χ2v) is 5.00. The van der Waals surface area contributed by atoms with Crippen molar-refractivity contribution in [3.05, 3.63) is 57.7 Å². The zero-order valence-corrected chi connectivity index (χ0v) is 12.5. The lowest BCUT2D eigenvalue weighted by molar-refractivity contribution is -0.131. The van der Waals surface area contributed by atoms with Gasteiger partial charge in [0, 0.05) is 17.8 Å². The average molecular weight is 324 g/mol. The Balaban J connectivity index is 2.25. The summed E-state index contributed by atoms with van der Waals surface area (Å²) in [6.45, 7) is 1.80. The van der Waals surface area contributed by atoms with E-state index in [1.807, 2.05) is 0 Å². The molecule has 1 aromatic carbocycles. The van der Waals surface area contributed by atoms with Crippen LogP contribution in [-0.4, -0.2) is 16.1 Å². The largest absolute Gasteiger partial charge is 0.478 e. The molecule has 6 heteroatoms. The first-order chi connectivity index (χ1) is 9.97. The van der Waals surface area contributed by atoms with Crippen LogP contribution in [0.25, 0.3) is 6.08 Å². The zero-order valence-electron chi connectivity index (χ0n) is 11.0. The molecule has 4 nitrogen and oxygen atoms in total. The van der Waals surface area contributed by atoms with Crippen molar-refractivity contribution in [2.24, 2.45) is 0 Å². The Morgan fingerprint density at radius 2 is 2.14 bits per heavy atom. The number of hydrogen-bond donors (Lipinski definition) is 1. The first-order valence-electron chi connectivity index (χ1n) is 5.97. The number of halogens is 2. The molecular weight excluding hydrogens is 313 g/mol. The van der Waals surface area contributed by atoms with Gasteiger partial charge in [-0.2, -0.15) is 0 Å². The summed E-state index contributed by atoms with van der Waals surface area (Å²) < 4.78 is 5.63. The molecule has 1 aromatic heterocycles. The maximum Gasteiger partial charge on any atom is 0.328 e. The van der Waals surface area contributed by atoms with Crippen LogP contribution in [0, 0.1) is 6.92 Å². The van der Waals surface area contributed by atoms with Crippen LogP contribution in [0.5, 0.6) is 11.6 Å². The summed E-state index contributed by atoms with van der Waals surface area (Å²) >= 11 is 12.0. The van der Waals surface area contributed by atoms with E-state index in [4.69, 9.17) is 33.0 Å². The molecule has 0 unspecified atom stereocenters. The smallest absolute Gasteiger partial charge is 0.328 e. The second-order valence-electron chi connectivity index (χ2n) is 4.22. The minimum Gasteiger partial charge on any atom is -0.478 e. The molecule has 2 rings (SSSR count). The third-order valence-corrected chi connectivity index (χ3v) is 3.39. The number of aryl methyl sites for hydroxylation is 1. The molecule has 0 saturated carbocycles. The molecule has 0 amide bonds. The number of carbonyl (C=O) groups is 1. The highest BCUT2D eigenvalue weighted by Gasteiger charge is 2.09. The first kappa shape index (κ1) is 15.4. The predicted molar refractivity (Wildman–Crippen MR) is 82.2 cm³/mol. The Hall–Kier alpha value is -2.04. The molecule has 21 heavy (non-hydrogen) atoms. The number of aromatic nitrogens is 1. The summed E-state index contributed by atoms with van der Waals surface area (Å²) in [6, 6.07) is 6.84. The van der Waals surface area contributed by atoms with Crippen LogP contribution in [-0.2, 0) is 4.79 Å². The van der Waals surface area contributed by atoms with E-state index in [1.54, 1.807) is 31.2 Å². The van der Waals surface area contributed by atoms with Gasteiger partial charge in [-0.1, -0.05) is 29.3 Å². The average Bonchev–Trinajstić information content (AvgIpc) is 2.44. The fraction of sp³-hybridized carbons (Fsp3) is 0.0667. The fourth-order valence-electron chi connectivity index (χ4n) is 1.62. The second kappa shape index (κ2) is 6.61. The van der Waals surface area contributed by atoms with Gasteiger partial charge in [0.05, 0.1) is 5.02 Å². The van der Waals surface area contributed by atoms with Crippen LogP contribution in [0.2, 0.25) is 10.0 Å². The lowest BCUT2D eigenvalue weighted by Gasteiger charge is -2.10. The van der Waals surface area contributed by atoms with Crippen molar-refractivity contribution in [3.63, 3.8) is 0 Å². The van der Waals surface area contributed by atoms with Crippen LogP contribution in [0.1, 0.15) is 11.1 Å². The maximum atomic E-state index is 10.5. The Labute approximate surface area is 131 Å². The Morgan fingerprint density at radius 1 is 1.38 bits per heavy atom. The lowest BCUT2D eigenvalue weighted by atomic mass is 10.2. The maximum absolute atomic E-state index is 10.5. The van der Waals surface area contributed by atoms with Crippen LogP contribution in [0.15, 0.2) is 36.5 Å². The van der Waals surface area contributed by atoms with E-state index in [1.165, 1.54) is 12.3 Å². The summed E-state index contributed by atoms with van der Waals surface area (Å²) in [7, 11) is 0. The summed E-state index contributed by atoms with van der Waals surface area (Å²) in [5, 5.41) is 9.30. The van der Waals surface area contributed by atoms with Crippen molar-refractivity contribution in [3.8, 4) is 11.6 Å². The van der Waals surface area contributed by atoms with Gasteiger partial charge in [-0.15, -0.1) is 0 Å². The minimum atomic E-state index is -1.02. The van der Waals surface area contributed by atoms with Gasteiger partial charge >= 0.3 is 5.97 Å². The number of ether oxygens (including phenoxy) is 1. The van der Waals surface area contributed by atoms with Gasteiger partial charge in [-0.25, -0.2) is 9.78 Å². The van der Waals surface area contributed by atoms with Gasteiger partial charge in [0.2, 0.25) is 5.88 Å². The van der Waals surface area contributed by atoms with Crippen LogP contribution in [0.4, 0.5) is 0 Å². The molecule has 2 aromatic rings. The highest BCUT2D eigenvalue weighted by atomic mass is 35.5. The number of carboxylic acids is 1. The highest BCUT2D eigenvalue weighted by Crippen LogP contribution is 2.34. The van der Waals surface area contributed by atoms with Crippen molar-refractivity contribution in [2.45, 2.75) is 6.92 Å². The number of hydrogen-bond acceptors (Lipinski definition) is 3. The van der Waals surface area contributed by atoms with E-state index < -0.39 is 5.97 Å². The SMILES string of the molecule is Cc1cc(/C=C/C(=O)O)cnc1Oc1cccc(Cl)c1Cl. The van der Waals surface area contributed by atoms with Crippen LogP contribution >= 0.6 is 23.2 Å². The molecule has 0 aliphatic heterocycles. The van der Waals surface area contributed by atoms with Gasteiger partial charge < -0.3 is 9.84 Å². The molecule has 0 bridgehead atoms. The van der Waals surface area contributed by atoms with Gasteiger partial charge in [-0.3, -0.25) is 0 Å². The Morgan fingerprint density at radius 3 is 2.81 bits per heavy atom. The van der Waals surface area contributed by atoms with Crippen molar-refractivity contribution in [1.82, 2.24) is 4.98 Å². The molecular formula is C15H11Cl2NO3. The third-order valence-electron chi connectivity index (χ3n) is 2.59. The summed E-state index contributed by atoms with van der Waals surface area (Å²) in [5.41, 5.74) is 1.41. The van der Waals surface area contributed by atoms with E-state index in [0.29, 0.717) is 27.2 Å². The number of benzene rings is 1. The first-order valence-corrected chi connectivity index (χ1v) is 6.72. The summed E-state index contributed by atoms with van der Waals surface area (Å²) in [5.74, 6) is -0.223. The van der Waals surface area contributed by atoms with Crippen molar-refractivity contribution >= 4 is 35.2 Å². The lowest BCUT2D eigenvalue weighted by Crippen LogP contribution is -1.93. The predicted octanol–water partition coefficient (Wildman–Crippen LogP) is 4.59. The molecule has 0 atom stereocenters. The van der Waals surface area contributed by atoms with E-state index in [0.717, 1.165) is 11.6 Å². The topological polar surface area (TPSA) is 59.4 Å².